The van der Waals surface area contributed by atoms with Crippen molar-refractivity contribution in [3.8, 4) is 0 Å². The van der Waals surface area contributed by atoms with Crippen molar-refractivity contribution >= 4 is 23.2 Å². The van der Waals surface area contributed by atoms with Gasteiger partial charge in [-0.15, -0.1) is 0 Å². The summed E-state index contributed by atoms with van der Waals surface area (Å²) in [6, 6.07) is 3.34. The van der Waals surface area contributed by atoms with Crippen LogP contribution in [0.4, 0.5) is 0 Å². The zero-order chi connectivity index (χ0) is 9.59. The van der Waals surface area contributed by atoms with Crippen LogP contribution in [0.2, 0.25) is 5.02 Å². The fourth-order valence-electron chi connectivity index (χ4n) is 1.60. The van der Waals surface area contributed by atoms with Gasteiger partial charge in [0, 0.05) is 17.0 Å². The van der Waals surface area contributed by atoms with Crippen LogP contribution in [0.1, 0.15) is 21.5 Å². The number of carbonyl (C=O) groups is 2. The standard InChI is InChI=1S/C10H7ClO2/c1-5-2-6(11)3-8-7(5)4-9(12)10(8)13/h2-3H,4H2,1H3. The number of benzene rings is 1. The lowest BCUT2D eigenvalue weighted by molar-refractivity contribution is -0.114. The highest BCUT2D eigenvalue weighted by Crippen LogP contribution is 2.26. The maximum atomic E-state index is 11.3. The molecule has 0 saturated heterocycles. The van der Waals surface area contributed by atoms with Crippen molar-refractivity contribution in [2.75, 3.05) is 0 Å². The molecule has 0 radical (unpaired) electrons. The lowest BCUT2D eigenvalue weighted by Crippen LogP contribution is -2.05. The molecule has 0 N–H and O–H groups in total. The van der Waals surface area contributed by atoms with Gasteiger partial charge in [-0.2, -0.15) is 0 Å². The molecule has 0 amide bonds. The van der Waals surface area contributed by atoms with Gasteiger partial charge in [0.25, 0.3) is 0 Å². The molecular formula is C10H7ClO2. The summed E-state index contributed by atoms with van der Waals surface area (Å²) in [5, 5.41) is 0.513. The molecule has 13 heavy (non-hydrogen) atoms. The molecule has 66 valence electrons. The SMILES string of the molecule is Cc1cc(Cl)cc2c1CC(=O)C2=O. The number of fused-ring (bicyclic) bond motifs is 1. The number of halogens is 1. The van der Waals surface area contributed by atoms with Crippen LogP contribution in [-0.4, -0.2) is 11.6 Å². The van der Waals surface area contributed by atoms with Crippen LogP contribution in [0.25, 0.3) is 0 Å². The minimum Gasteiger partial charge on any atom is -0.290 e. The molecule has 0 unspecified atom stereocenters. The molecule has 0 aromatic heterocycles. The van der Waals surface area contributed by atoms with Crippen LogP contribution in [0, 0.1) is 6.92 Å². The van der Waals surface area contributed by atoms with Crippen molar-refractivity contribution < 1.29 is 9.59 Å². The van der Waals surface area contributed by atoms with Gasteiger partial charge in [0.2, 0.25) is 11.6 Å². The Balaban J connectivity index is 2.70. The Labute approximate surface area is 80.5 Å². The van der Waals surface area contributed by atoms with Crippen molar-refractivity contribution in [3.63, 3.8) is 0 Å². The third-order valence-corrected chi connectivity index (χ3v) is 2.49. The number of carbonyl (C=O) groups excluding carboxylic acids is 2. The largest absolute Gasteiger partial charge is 0.290 e. The minimum absolute atomic E-state index is 0.233. The first kappa shape index (κ1) is 8.45. The number of hydrogen-bond donors (Lipinski definition) is 0. The monoisotopic (exact) mass is 194 g/mol. The Morgan fingerprint density at radius 2 is 2.00 bits per heavy atom. The van der Waals surface area contributed by atoms with Crippen molar-refractivity contribution in [2.24, 2.45) is 0 Å². The molecular weight excluding hydrogens is 188 g/mol. The van der Waals surface area contributed by atoms with Crippen molar-refractivity contribution in [3.05, 3.63) is 33.8 Å². The number of Topliss-reactive ketones (excluding diaryl/α,β-unsaturated/α-hetero) is 2. The van der Waals surface area contributed by atoms with Crippen LogP contribution in [0.15, 0.2) is 12.1 Å². The molecule has 1 aromatic carbocycles. The topological polar surface area (TPSA) is 34.1 Å². The van der Waals surface area contributed by atoms with Gasteiger partial charge in [0.1, 0.15) is 0 Å². The number of ketones is 2. The van der Waals surface area contributed by atoms with Crippen LogP contribution in [-0.2, 0) is 11.2 Å². The molecule has 1 aliphatic rings. The fraction of sp³-hybridized carbons (Fsp3) is 0.200. The predicted octanol–water partition coefficient (Wildman–Crippen LogP) is 1.96. The van der Waals surface area contributed by atoms with Crippen LogP contribution >= 0.6 is 11.6 Å². The predicted molar refractivity (Wildman–Crippen MR) is 49.2 cm³/mol. The molecule has 0 aliphatic heterocycles. The molecule has 1 aromatic rings. The van der Waals surface area contributed by atoms with Gasteiger partial charge in [-0.3, -0.25) is 9.59 Å². The second kappa shape index (κ2) is 2.67. The lowest BCUT2D eigenvalue weighted by Gasteiger charge is -2.01. The van der Waals surface area contributed by atoms with Gasteiger partial charge >= 0.3 is 0 Å². The third-order valence-electron chi connectivity index (χ3n) is 2.27. The first-order valence-electron chi connectivity index (χ1n) is 3.96. The van der Waals surface area contributed by atoms with Crippen LogP contribution in [0.5, 0.6) is 0 Å². The van der Waals surface area contributed by atoms with Gasteiger partial charge in [-0.25, -0.2) is 0 Å². The molecule has 0 atom stereocenters. The Kier molecular flexibility index (Phi) is 1.74. The van der Waals surface area contributed by atoms with E-state index in [4.69, 9.17) is 11.6 Å². The summed E-state index contributed by atoms with van der Waals surface area (Å²) >= 11 is 5.78. The van der Waals surface area contributed by atoms with E-state index in [0.29, 0.717) is 10.6 Å². The van der Waals surface area contributed by atoms with Gasteiger partial charge in [0.15, 0.2) is 0 Å². The molecule has 0 bridgehead atoms. The van der Waals surface area contributed by atoms with Crippen molar-refractivity contribution in [1.82, 2.24) is 0 Å². The summed E-state index contributed by atoms with van der Waals surface area (Å²) in [4.78, 5) is 22.4. The molecule has 0 fully saturated rings. The molecule has 0 spiro atoms. The zero-order valence-electron chi connectivity index (χ0n) is 7.06. The summed E-state index contributed by atoms with van der Waals surface area (Å²) in [5.74, 6) is -0.735. The summed E-state index contributed by atoms with van der Waals surface area (Å²) < 4.78 is 0. The van der Waals surface area contributed by atoms with E-state index < -0.39 is 5.78 Å². The highest BCUT2D eigenvalue weighted by Gasteiger charge is 2.29. The van der Waals surface area contributed by atoms with Gasteiger partial charge in [-0.1, -0.05) is 11.6 Å². The van der Waals surface area contributed by atoms with E-state index in [9.17, 15) is 9.59 Å². The molecule has 0 heterocycles. The quantitative estimate of drug-likeness (QED) is 0.592. The van der Waals surface area contributed by atoms with Crippen LogP contribution < -0.4 is 0 Å². The lowest BCUT2D eigenvalue weighted by atomic mass is 10.0. The normalized spacial score (nSPS) is 14.9. The number of hydrogen-bond acceptors (Lipinski definition) is 2. The van der Waals surface area contributed by atoms with E-state index in [0.717, 1.165) is 11.1 Å². The number of rotatable bonds is 0. The highest BCUT2D eigenvalue weighted by atomic mass is 35.5. The minimum atomic E-state index is -0.402. The molecule has 2 rings (SSSR count). The van der Waals surface area contributed by atoms with E-state index in [1.54, 1.807) is 12.1 Å². The van der Waals surface area contributed by atoms with Crippen molar-refractivity contribution in [2.45, 2.75) is 13.3 Å². The molecule has 1 aliphatic carbocycles. The van der Waals surface area contributed by atoms with Crippen LogP contribution in [0.3, 0.4) is 0 Å². The third kappa shape index (κ3) is 1.18. The summed E-state index contributed by atoms with van der Waals surface area (Å²) in [6.07, 6.45) is 0.233. The van der Waals surface area contributed by atoms with Crippen molar-refractivity contribution in [1.29, 1.82) is 0 Å². The van der Waals surface area contributed by atoms with Gasteiger partial charge < -0.3 is 0 Å². The van der Waals surface area contributed by atoms with E-state index >= 15 is 0 Å². The Bertz CT molecular complexity index is 421. The fourth-order valence-corrected chi connectivity index (χ4v) is 1.87. The second-order valence-electron chi connectivity index (χ2n) is 3.18. The van der Waals surface area contributed by atoms with Gasteiger partial charge in [-0.05, 0) is 30.2 Å². The maximum absolute atomic E-state index is 11.3. The molecule has 3 heteroatoms. The number of aryl methyl sites for hydroxylation is 1. The van der Waals surface area contributed by atoms with Gasteiger partial charge in [0.05, 0.1) is 0 Å². The second-order valence-corrected chi connectivity index (χ2v) is 3.61. The Hall–Kier alpha value is -1.15. The molecule has 0 saturated carbocycles. The molecule has 2 nitrogen and oxygen atoms in total. The van der Waals surface area contributed by atoms with E-state index in [2.05, 4.69) is 0 Å². The summed E-state index contributed by atoms with van der Waals surface area (Å²) in [5.41, 5.74) is 2.23. The smallest absolute Gasteiger partial charge is 0.229 e. The Morgan fingerprint density at radius 1 is 1.31 bits per heavy atom. The maximum Gasteiger partial charge on any atom is 0.229 e. The zero-order valence-corrected chi connectivity index (χ0v) is 7.81. The van der Waals surface area contributed by atoms with E-state index in [-0.39, 0.29) is 12.2 Å². The first-order chi connectivity index (χ1) is 6.09. The first-order valence-corrected chi connectivity index (χ1v) is 4.34. The summed E-state index contributed by atoms with van der Waals surface area (Å²) in [7, 11) is 0. The average molecular weight is 195 g/mol. The Morgan fingerprint density at radius 3 is 2.69 bits per heavy atom. The summed E-state index contributed by atoms with van der Waals surface area (Å²) in [6.45, 7) is 1.86. The average Bonchev–Trinajstić information content (AvgIpc) is 2.32. The van der Waals surface area contributed by atoms with E-state index in [1.165, 1.54) is 0 Å². The highest BCUT2D eigenvalue weighted by molar-refractivity contribution is 6.47. The van der Waals surface area contributed by atoms with E-state index in [1.807, 2.05) is 6.92 Å².